The van der Waals surface area contributed by atoms with Gasteiger partial charge in [-0.3, -0.25) is 19.5 Å². The summed E-state index contributed by atoms with van der Waals surface area (Å²) in [5.41, 5.74) is 2.94. The van der Waals surface area contributed by atoms with Gasteiger partial charge in [-0.15, -0.1) is 0 Å². The summed E-state index contributed by atoms with van der Waals surface area (Å²) in [6.45, 7) is 1.75. The Balaban J connectivity index is 1.36. The maximum Gasteiger partial charge on any atom is 0.324 e. The monoisotopic (exact) mass is 422 g/mol. The molecule has 0 radical (unpaired) electrons. The van der Waals surface area contributed by atoms with Crippen LogP contribution in [0.3, 0.4) is 0 Å². The lowest BCUT2D eigenvalue weighted by molar-refractivity contribution is -0.140. The van der Waals surface area contributed by atoms with Crippen LogP contribution in [0.1, 0.15) is 35.9 Å². The molecule has 4 amide bonds. The Hall–Kier alpha value is -3.26. The second-order valence-electron chi connectivity index (χ2n) is 7.69. The van der Waals surface area contributed by atoms with Crippen LogP contribution in [-0.4, -0.2) is 65.4 Å². The van der Waals surface area contributed by atoms with E-state index < -0.39 is 6.03 Å². The number of urea groups is 1. The first-order valence-electron chi connectivity index (χ1n) is 10.6. The second kappa shape index (κ2) is 9.70. The lowest BCUT2D eigenvalue weighted by Crippen LogP contribution is -2.51. The van der Waals surface area contributed by atoms with Crippen molar-refractivity contribution in [2.75, 3.05) is 32.8 Å². The van der Waals surface area contributed by atoms with Crippen LogP contribution < -0.4 is 5.32 Å². The number of rotatable bonds is 6. The van der Waals surface area contributed by atoms with Crippen LogP contribution in [0.2, 0.25) is 0 Å². The third-order valence-corrected chi connectivity index (χ3v) is 5.52. The minimum Gasteiger partial charge on any atom is -0.368 e. The molecule has 2 aliphatic rings. The molecular weight excluding hydrogens is 396 g/mol. The van der Waals surface area contributed by atoms with E-state index in [0.29, 0.717) is 26.2 Å². The summed E-state index contributed by atoms with van der Waals surface area (Å²) in [7, 11) is 0. The Morgan fingerprint density at radius 3 is 2.77 bits per heavy atom. The number of nitrogens with zero attached hydrogens (tertiary/aromatic N) is 3. The molecule has 8 nitrogen and oxygen atoms in total. The Morgan fingerprint density at radius 1 is 1.13 bits per heavy atom. The highest BCUT2D eigenvalue weighted by atomic mass is 16.5. The van der Waals surface area contributed by atoms with E-state index in [4.69, 9.17) is 9.72 Å². The second-order valence-corrected chi connectivity index (χ2v) is 7.69. The quantitative estimate of drug-likeness (QED) is 0.768. The van der Waals surface area contributed by atoms with E-state index in [2.05, 4.69) is 17.4 Å². The van der Waals surface area contributed by atoms with Crippen molar-refractivity contribution < 1.29 is 19.1 Å². The molecular formula is C23H26N4O4. The zero-order valence-electron chi connectivity index (χ0n) is 17.3. The zero-order chi connectivity index (χ0) is 21.6. The number of nitrogens with one attached hydrogen (secondary N) is 1. The summed E-state index contributed by atoms with van der Waals surface area (Å²) in [5, 5.41) is 2.63. The number of benzene rings is 1. The first-order valence-corrected chi connectivity index (χ1v) is 10.6. The molecule has 0 saturated carbocycles. The highest BCUT2D eigenvalue weighted by Gasteiger charge is 2.29. The van der Waals surface area contributed by atoms with E-state index in [1.54, 1.807) is 4.90 Å². The molecule has 2 fully saturated rings. The van der Waals surface area contributed by atoms with Crippen molar-refractivity contribution >= 4 is 17.8 Å². The number of aromatic nitrogens is 1. The SMILES string of the molecule is O=C(CCN1C(=O)CCNC1=O)N1CCO[C@H](c2cccc(Cc3ccccc3)n2)C1. The fourth-order valence-corrected chi connectivity index (χ4v) is 3.85. The number of ether oxygens (including phenoxy) is 1. The number of imide groups is 1. The smallest absolute Gasteiger partial charge is 0.324 e. The van der Waals surface area contributed by atoms with Gasteiger partial charge in [0.25, 0.3) is 0 Å². The average Bonchev–Trinajstić information content (AvgIpc) is 2.79. The van der Waals surface area contributed by atoms with Crippen molar-refractivity contribution in [2.24, 2.45) is 0 Å². The van der Waals surface area contributed by atoms with Crippen LogP contribution in [-0.2, 0) is 20.7 Å². The maximum absolute atomic E-state index is 12.7. The molecule has 4 rings (SSSR count). The molecule has 0 unspecified atom stereocenters. The van der Waals surface area contributed by atoms with Crippen molar-refractivity contribution in [3.8, 4) is 0 Å². The van der Waals surface area contributed by atoms with Gasteiger partial charge < -0.3 is 15.0 Å². The fraction of sp³-hybridized carbons (Fsp3) is 0.391. The predicted octanol–water partition coefficient (Wildman–Crippen LogP) is 1.90. The summed E-state index contributed by atoms with van der Waals surface area (Å²) in [6.07, 6.45) is 0.807. The Kier molecular flexibility index (Phi) is 6.57. The number of carbonyl (C=O) groups is 3. The largest absolute Gasteiger partial charge is 0.368 e. The van der Waals surface area contributed by atoms with Gasteiger partial charge in [0, 0.05) is 44.6 Å². The molecule has 162 valence electrons. The zero-order valence-corrected chi connectivity index (χ0v) is 17.3. The number of hydrogen-bond acceptors (Lipinski definition) is 5. The van der Waals surface area contributed by atoms with Crippen molar-refractivity contribution in [1.82, 2.24) is 20.1 Å². The van der Waals surface area contributed by atoms with Gasteiger partial charge in [-0.05, 0) is 17.7 Å². The first kappa shape index (κ1) is 21.0. The van der Waals surface area contributed by atoms with Gasteiger partial charge in [-0.2, -0.15) is 0 Å². The van der Waals surface area contributed by atoms with Crippen LogP contribution >= 0.6 is 0 Å². The molecule has 0 aliphatic carbocycles. The number of amides is 4. The third kappa shape index (κ3) is 5.27. The van der Waals surface area contributed by atoms with Gasteiger partial charge in [-0.1, -0.05) is 36.4 Å². The fourth-order valence-electron chi connectivity index (χ4n) is 3.85. The molecule has 3 heterocycles. The van der Waals surface area contributed by atoms with Crippen molar-refractivity contribution in [2.45, 2.75) is 25.4 Å². The molecule has 0 spiro atoms. The predicted molar refractivity (Wildman–Crippen MR) is 113 cm³/mol. The molecule has 0 bridgehead atoms. The minimum absolute atomic E-state index is 0.0936. The van der Waals surface area contributed by atoms with Crippen molar-refractivity contribution in [1.29, 1.82) is 0 Å². The number of pyridine rings is 1. The third-order valence-electron chi connectivity index (χ3n) is 5.52. The van der Waals surface area contributed by atoms with E-state index in [-0.39, 0.29) is 37.3 Å². The standard InChI is InChI=1S/C23H26N4O4/c28-21(10-12-27-22(29)9-11-24-23(27)30)26-13-14-31-20(16-26)19-8-4-7-18(25-19)15-17-5-2-1-3-6-17/h1-8,20H,9-16H2,(H,24,30)/t20-/m0/s1. The van der Waals surface area contributed by atoms with E-state index in [1.807, 2.05) is 36.4 Å². The van der Waals surface area contributed by atoms with E-state index in [0.717, 1.165) is 22.7 Å². The lowest BCUT2D eigenvalue weighted by atomic mass is 10.1. The van der Waals surface area contributed by atoms with Gasteiger partial charge >= 0.3 is 6.03 Å². The highest BCUT2D eigenvalue weighted by Crippen LogP contribution is 2.22. The lowest BCUT2D eigenvalue weighted by Gasteiger charge is -2.33. The molecule has 2 aromatic rings. The number of morpholine rings is 1. The summed E-state index contributed by atoms with van der Waals surface area (Å²) in [5.74, 6) is -0.337. The summed E-state index contributed by atoms with van der Waals surface area (Å²) in [4.78, 5) is 44.1. The van der Waals surface area contributed by atoms with Crippen molar-refractivity contribution in [3.63, 3.8) is 0 Å². The number of carbonyl (C=O) groups excluding carboxylic acids is 3. The molecule has 2 aliphatic heterocycles. The molecule has 31 heavy (non-hydrogen) atoms. The van der Waals surface area contributed by atoms with Gasteiger partial charge in [0.1, 0.15) is 6.10 Å². The minimum atomic E-state index is -0.427. The molecule has 8 heteroatoms. The van der Waals surface area contributed by atoms with Crippen LogP contribution in [0.25, 0.3) is 0 Å². The van der Waals surface area contributed by atoms with Crippen molar-refractivity contribution in [3.05, 3.63) is 65.5 Å². The van der Waals surface area contributed by atoms with Crippen LogP contribution in [0.4, 0.5) is 4.79 Å². The van der Waals surface area contributed by atoms with Gasteiger partial charge in [0.2, 0.25) is 11.8 Å². The van der Waals surface area contributed by atoms with E-state index >= 15 is 0 Å². The Bertz CT molecular complexity index is 934. The maximum atomic E-state index is 12.7. The normalized spacial score (nSPS) is 19.3. The van der Waals surface area contributed by atoms with E-state index in [9.17, 15) is 14.4 Å². The molecule has 1 aromatic heterocycles. The summed E-state index contributed by atoms with van der Waals surface area (Å²) >= 11 is 0. The van der Waals surface area contributed by atoms with Crippen LogP contribution in [0.5, 0.6) is 0 Å². The van der Waals surface area contributed by atoms with Gasteiger partial charge in [0.15, 0.2) is 0 Å². The first-order chi connectivity index (χ1) is 15.1. The van der Waals surface area contributed by atoms with Gasteiger partial charge in [0.05, 0.1) is 18.8 Å². The Labute approximate surface area is 181 Å². The molecule has 1 N–H and O–H groups in total. The molecule has 2 saturated heterocycles. The molecule has 1 aromatic carbocycles. The van der Waals surface area contributed by atoms with Crippen LogP contribution in [0.15, 0.2) is 48.5 Å². The molecule has 1 atom stereocenters. The van der Waals surface area contributed by atoms with Gasteiger partial charge in [-0.25, -0.2) is 4.79 Å². The number of hydrogen-bond donors (Lipinski definition) is 1. The highest BCUT2D eigenvalue weighted by molar-refractivity contribution is 5.97. The average molecular weight is 422 g/mol. The van der Waals surface area contributed by atoms with Crippen LogP contribution in [0, 0.1) is 0 Å². The van der Waals surface area contributed by atoms with E-state index in [1.165, 1.54) is 5.56 Å². The summed E-state index contributed by atoms with van der Waals surface area (Å²) in [6, 6.07) is 15.6. The Morgan fingerprint density at radius 2 is 1.97 bits per heavy atom. The topological polar surface area (TPSA) is 91.8 Å². The summed E-state index contributed by atoms with van der Waals surface area (Å²) < 4.78 is 5.89.